The second-order valence-electron chi connectivity index (χ2n) is 35.7. The van der Waals surface area contributed by atoms with Gasteiger partial charge in [0.15, 0.2) is 0 Å². The summed E-state index contributed by atoms with van der Waals surface area (Å²) in [4.78, 5) is 0. The van der Waals surface area contributed by atoms with Crippen molar-refractivity contribution in [2.75, 3.05) is 0 Å². The summed E-state index contributed by atoms with van der Waals surface area (Å²) in [6.45, 7) is 64.2. The number of benzene rings is 9. The molecule has 0 saturated carbocycles. The second kappa shape index (κ2) is 19.5. The lowest BCUT2D eigenvalue weighted by molar-refractivity contribution is 0.568. The van der Waals surface area contributed by atoms with E-state index in [1.165, 1.54) is 161 Å². The van der Waals surface area contributed by atoms with Crippen molar-refractivity contribution in [3.8, 4) is 89.0 Å². The van der Waals surface area contributed by atoms with Crippen LogP contribution in [0.5, 0.6) is 0 Å². The molecule has 0 radical (unpaired) electrons. The van der Waals surface area contributed by atoms with E-state index in [1.54, 1.807) is 0 Å². The van der Waals surface area contributed by atoms with E-state index in [-0.39, 0.29) is 48.7 Å². The van der Waals surface area contributed by atoms with Crippen LogP contribution in [0.25, 0.3) is 111 Å². The average molecular weight is 1140 g/mol. The fraction of sp³-hybridized carbons (Fsp3) is 0.419. The number of fused-ring (bicyclic) bond motifs is 7. The molecule has 0 amide bonds. The van der Waals surface area contributed by atoms with Crippen LogP contribution in [0.3, 0.4) is 0 Å². The molecule has 86 heavy (non-hydrogen) atoms. The first-order chi connectivity index (χ1) is 39.3. The van der Waals surface area contributed by atoms with Gasteiger partial charge in [-0.1, -0.05) is 308 Å². The largest absolute Gasteiger partial charge is 0.0578 e. The van der Waals surface area contributed by atoms with Gasteiger partial charge in [-0.05, 0) is 215 Å². The first-order valence-corrected chi connectivity index (χ1v) is 32.4. The van der Waals surface area contributed by atoms with Gasteiger partial charge in [-0.25, -0.2) is 0 Å². The van der Waals surface area contributed by atoms with Gasteiger partial charge in [-0.15, -0.1) is 0 Å². The highest BCUT2D eigenvalue weighted by Crippen LogP contribution is 2.64. The van der Waals surface area contributed by atoms with E-state index < -0.39 is 0 Å². The first-order valence-electron chi connectivity index (χ1n) is 32.4. The Labute approximate surface area is 520 Å². The van der Waals surface area contributed by atoms with Crippen molar-refractivity contribution in [1.29, 1.82) is 0 Å². The maximum absolute atomic E-state index is 2.59. The Kier molecular flexibility index (Phi) is 13.9. The Balaban J connectivity index is 1.36. The molecule has 0 N–H and O–H groups in total. The predicted octanol–water partition coefficient (Wildman–Crippen LogP) is 25.6. The Bertz CT molecular complexity index is 4040. The van der Waals surface area contributed by atoms with Crippen LogP contribution in [0.1, 0.15) is 237 Å². The van der Waals surface area contributed by atoms with Crippen LogP contribution in [-0.2, 0) is 48.7 Å². The van der Waals surface area contributed by atoms with Crippen molar-refractivity contribution in [3.05, 3.63) is 177 Å². The highest BCUT2D eigenvalue weighted by atomic mass is 14.4. The summed E-state index contributed by atoms with van der Waals surface area (Å²) in [6.07, 6.45) is 0. The Morgan fingerprint density at radius 1 is 0.163 bits per heavy atom. The molecular formula is C86H102. The topological polar surface area (TPSA) is 0 Å². The van der Waals surface area contributed by atoms with Crippen LogP contribution in [0.4, 0.5) is 0 Å². The highest BCUT2D eigenvalue weighted by molar-refractivity contribution is 6.33. The fourth-order valence-electron chi connectivity index (χ4n) is 13.6. The quantitative estimate of drug-likeness (QED) is 0.165. The number of hydrogen-bond acceptors (Lipinski definition) is 0. The van der Waals surface area contributed by atoms with Gasteiger partial charge in [0.05, 0.1) is 0 Å². The molecule has 0 atom stereocenters. The van der Waals surface area contributed by atoms with E-state index in [2.05, 4.69) is 314 Å². The smallest absolute Gasteiger partial charge is 0.000740 e. The van der Waals surface area contributed by atoms with E-state index in [0.29, 0.717) is 0 Å². The summed E-state index contributed by atoms with van der Waals surface area (Å²) in [6, 6.07) is 53.0. The first kappa shape index (κ1) is 61.2. The van der Waals surface area contributed by atoms with E-state index >= 15 is 0 Å². The minimum Gasteiger partial charge on any atom is -0.0578 e. The zero-order valence-electron chi connectivity index (χ0n) is 58.1. The van der Waals surface area contributed by atoms with E-state index in [4.69, 9.17) is 0 Å². The average Bonchev–Trinajstić information content (AvgIpc) is 1.50. The van der Waals surface area contributed by atoms with Crippen molar-refractivity contribution >= 4 is 21.5 Å². The molecule has 2 aliphatic rings. The molecule has 0 heteroatoms. The maximum Gasteiger partial charge on any atom is -0.000740 e. The third kappa shape index (κ3) is 10.5. The van der Waals surface area contributed by atoms with Crippen molar-refractivity contribution < 1.29 is 0 Å². The summed E-state index contributed by atoms with van der Waals surface area (Å²) in [7, 11) is 0. The monoisotopic (exact) mass is 1130 g/mol. The van der Waals surface area contributed by atoms with E-state index in [1.807, 2.05) is 0 Å². The van der Waals surface area contributed by atoms with Gasteiger partial charge in [0.25, 0.3) is 0 Å². The minimum absolute atomic E-state index is 0.0418. The summed E-state index contributed by atoms with van der Waals surface area (Å²) < 4.78 is 0. The van der Waals surface area contributed by atoms with Gasteiger partial charge in [-0.3, -0.25) is 0 Å². The lowest BCUT2D eigenvalue weighted by atomic mass is 9.75. The molecule has 0 unspecified atom stereocenters. The number of hydrogen-bond donors (Lipinski definition) is 0. The van der Waals surface area contributed by atoms with Gasteiger partial charge in [-0.2, -0.15) is 0 Å². The third-order valence-corrected chi connectivity index (χ3v) is 19.5. The molecule has 0 bridgehead atoms. The Hall–Kier alpha value is -6.50. The highest BCUT2D eigenvalue weighted by Gasteiger charge is 2.39. The fourth-order valence-corrected chi connectivity index (χ4v) is 13.6. The molecular weight excluding hydrogens is 1030 g/mol. The number of rotatable bonds is 4. The summed E-state index contributed by atoms with van der Waals surface area (Å²) >= 11 is 0. The molecule has 446 valence electrons. The van der Waals surface area contributed by atoms with E-state index in [0.717, 1.165) is 0 Å². The lowest BCUT2D eigenvalue weighted by Gasteiger charge is -2.29. The zero-order chi connectivity index (χ0) is 63.1. The SMILES string of the molecule is CC(C)(C)c1cc(-c2ccc(-c3cc(C(C)(C)C)cc(C(C)(C)C)c3)c3c2-c2ccc4c5c(ccc-3c25)-c2c-4c(-c3cc(C(C)(C)C)cc(C(C)(C)C)c3)c3ccc(C(C)(C)C)cc3c2-c2cc(C(C)(C)C)cc(C(C)(C)C)c2)cc(C(C)(C)C)c1. The molecule has 11 rings (SSSR count). The van der Waals surface area contributed by atoms with E-state index in [9.17, 15) is 0 Å². The minimum atomic E-state index is -0.0766. The molecule has 0 spiro atoms. The Morgan fingerprint density at radius 3 is 0.640 bits per heavy atom. The van der Waals surface area contributed by atoms with Gasteiger partial charge < -0.3 is 0 Å². The third-order valence-electron chi connectivity index (χ3n) is 19.5. The zero-order valence-corrected chi connectivity index (χ0v) is 58.1. The summed E-state index contributed by atoms with van der Waals surface area (Å²) in [5.74, 6) is 0. The Morgan fingerprint density at radius 2 is 0.384 bits per heavy atom. The van der Waals surface area contributed by atoms with Crippen LogP contribution in [0.15, 0.2) is 127 Å². The van der Waals surface area contributed by atoms with Crippen molar-refractivity contribution in [1.82, 2.24) is 0 Å². The van der Waals surface area contributed by atoms with Gasteiger partial charge >= 0.3 is 0 Å². The van der Waals surface area contributed by atoms with Gasteiger partial charge in [0.1, 0.15) is 0 Å². The molecule has 0 aromatic heterocycles. The van der Waals surface area contributed by atoms with Crippen molar-refractivity contribution in [2.24, 2.45) is 0 Å². The molecule has 0 heterocycles. The lowest BCUT2D eigenvalue weighted by Crippen LogP contribution is -2.17. The van der Waals surface area contributed by atoms with Crippen LogP contribution in [0, 0.1) is 0 Å². The molecule has 9 aromatic carbocycles. The van der Waals surface area contributed by atoms with Gasteiger partial charge in [0, 0.05) is 0 Å². The molecule has 0 aliphatic heterocycles. The summed E-state index contributed by atoms with van der Waals surface area (Å²) in [5, 5.41) is 5.39. The normalized spacial score (nSPS) is 14.0. The second-order valence-corrected chi connectivity index (χ2v) is 35.7. The van der Waals surface area contributed by atoms with Crippen molar-refractivity contribution in [3.63, 3.8) is 0 Å². The molecule has 0 fully saturated rings. The predicted molar refractivity (Wildman–Crippen MR) is 380 cm³/mol. The van der Waals surface area contributed by atoms with Crippen molar-refractivity contribution in [2.45, 2.75) is 236 Å². The van der Waals surface area contributed by atoms with Gasteiger partial charge in [0.2, 0.25) is 0 Å². The molecule has 0 nitrogen and oxygen atoms in total. The molecule has 0 saturated heterocycles. The maximum atomic E-state index is 2.59. The standard InChI is InChI=1S/C86H102/c1-78(2,3)53-28-29-64-69(48-53)71(52-42-60(85(22,23)24)47-61(43-52)86(25,26)27)77-68-35-33-66-73-63(50-38-56(81(10,11)12)45-57(39-50)82(13,14)15)31-30-62(49-36-54(79(4,5)6)44-55(37-49)80(7,8)9)72(73)65-32-34-67(75(68)74(65)66)76(77)70(64)51-40-58(83(16,17)18)46-59(41-51)84(19,20)21/h28-48H,1-27H3. The van der Waals surface area contributed by atoms with Crippen LogP contribution in [-0.4, -0.2) is 0 Å². The van der Waals surface area contributed by atoms with Crippen LogP contribution < -0.4 is 0 Å². The van der Waals surface area contributed by atoms with Crippen LogP contribution in [0.2, 0.25) is 0 Å². The molecule has 2 aliphatic carbocycles. The summed E-state index contributed by atoms with van der Waals surface area (Å²) in [5.41, 5.74) is 33.0. The van der Waals surface area contributed by atoms with Crippen LogP contribution >= 0.6 is 0 Å². The molecule has 9 aromatic rings.